The van der Waals surface area contributed by atoms with E-state index in [1.807, 2.05) is 0 Å². The highest BCUT2D eigenvalue weighted by atomic mass is 16.5. The van der Waals surface area contributed by atoms with Crippen LogP contribution in [0.1, 0.15) is 42.2 Å². The minimum atomic E-state index is 0.410. The molecule has 0 aliphatic heterocycles. The Bertz CT molecular complexity index is 728. The molecule has 2 aromatic rings. The van der Waals surface area contributed by atoms with Gasteiger partial charge in [-0.25, -0.2) is 0 Å². The molecule has 6 heteroatoms. The number of ether oxygens (including phenoxy) is 6. The van der Waals surface area contributed by atoms with E-state index in [0.29, 0.717) is 46.3 Å². The standard InChI is InChI=1S/C23H30O6/c1-24-18-10-16(11-19(25-2)22(18)28-5)14-7-8-15(9-14)17-12-20(26-3)23(29-6)21(13-17)27-4/h10-15H,7-9H2,1-6H3/t14-,15?/m0/s1. The summed E-state index contributed by atoms with van der Waals surface area (Å²) in [6, 6.07) is 8.24. The Kier molecular flexibility index (Phi) is 6.62. The van der Waals surface area contributed by atoms with Crippen molar-refractivity contribution < 1.29 is 28.4 Å². The smallest absolute Gasteiger partial charge is 0.203 e. The summed E-state index contributed by atoms with van der Waals surface area (Å²) in [5.74, 6) is 4.84. The summed E-state index contributed by atoms with van der Waals surface area (Å²) in [6.45, 7) is 0. The van der Waals surface area contributed by atoms with Crippen molar-refractivity contribution in [1.82, 2.24) is 0 Å². The third-order valence-electron chi connectivity index (χ3n) is 5.75. The van der Waals surface area contributed by atoms with Crippen LogP contribution in [0.2, 0.25) is 0 Å². The molecule has 0 aromatic heterocycles. The van der Waals surface area contributed by atoms with Crippen LogP contribution >= 0.6 is 0 Å². The van der Waals surface area contributed by atoms with E-state index in [1.54, 1.807) is 42.7 Å². The first-order valence-corrected chi connectivity index (χ1v) is 9.69. The van der Waals surface area contributed by atoms with Gasteiger partial charge in [-0.1, -0.05) is 0 Å². The minimum absolute atomic E-state index is 0.410. The summed E-state index contributed by atoms with van der Waals surface area (Å²) in [6.07, 6.45) is 3.19. The molecule has 0 amide bonds. The first-order valence-electron chi connectivity index (χ1n) is 9.69. The molecule has 0 N–H and O–H groups in total. The number of benzene rings is 2. The Hall–Kier alpha value is -2.76. The molecule has 1 aliphatic rings. The van der Waals surface area contributed by atoms with Crippen molar-refractivity contribution in [3.63, 3.8) is 0 Å². The molecule has 158 valence electrons. The average molecular weight is 402 g/mol. The lowest BCUT2D eigenvalue weighted by atomic mass is 9.92. The highest BCUT2D eigenvalue weighted by Crippen LogP contribution is 2.49. The molecule has 0 saturated heterocycles. The molecule has 0 bridgehead atoms. The Morgan fingerprint density at radius 1 is 0.517 bits per heavy atom. The summed E-state index contributed by atoms with van der Waals surface area (Å²) in [4.78, 5) is 0. The number of hydrogen-bond acceptors (Lipinski definition) is 6. The lowest BCUT2D eigenvalue weighted by Crippen LogP contribution is -2.01. The van der Waals surface area contributed by atoms with Gasteiger partial charge in [-0.05, 0) is 66.5 Å². The maximum absolute atomic E-state index is 5.52. The van der Waals surface area contributed by atoms with Crippen LogP contribution in [0.25, 0.3) is 0 Å². The lowest BCUT2D eigenvalue weighted by Gasteiger charge is -2.19. The van der Waals surface area contributed by atoms with Crippen LogP contribution in [0.5, 0.6) is 34.5 Å². The third-order valence-corrected chi connectivity index (χ3v) is 5.75. The fraction of sp³-hybridized carbons (Fsp3) is 0.478. The molecule has 6 nitrogen and oxygen atoms in total. The van der Waals surface area contributed by atoms with Crippen molar-refractivity contribution in [2.24, 2.45) is 0 Å². The molecule has 1 aliphatic carbocycles. The van der Waals surface area contributed by atoms with Crippen LogP contribution in [0, 0.1) is 0 Å². The molecular weight excluding hydrogens is 372 g/mol. The predicted molar refractivity (Wildman–Crippen MR) is 112 cm³/mol. The molecule has 3 rings (SSSR count). The Balaban J connectivity index is 1.89. The monoisotopic (exact) mass is 402 g/mol. The Labute approximate surface area is 172 Å². The molecule has 29 heavy (non-hydrogen) atoms. The largest absolute Gasteiger partial charge is 0.493 e. The van der Waals surface area contributed by atoms with E-state index in [0.717, 1.165) is 19.3 Å². The zero-order chi connectivity index (χ0) is 21.0. The SMILES string of the molecule is COc1cc(C2CC[C@H](c3cc(OC)c(OC)c(OC)c3)C2)cc(OC)c1OC. The number of methoxy groups -OCH3 is 6. The zero-order valence-corrected chi connectivity index (χ0v) is 18.0. The summed E-state index contributed by atoms with van der Waals surface area (Å²) in [7, 11) is 9.83. The van der Waals surface area contributed by atoms with Gasteiger partial charge in [-0.15, -0.1) is 0 Å². The van der Waals surface area contributed by atoms with Crippen LogP contribution in [-0.4, -0.2) is 42.7 Å². The first kappa shape index (κ1) is 21.0. The fourth-order valence-electron chi connectivity index (χ4n) is 4.26. The molecule has 0 heterocycles. The Morgan fingerprint density at radius 3 is 1.07 bits per heavy atom. The van der Waals surface area contributed by atoms with Gasteiger partial charge < -0.3 is 28.4 Å². The van der Waals surface area contributed by atoms with E-state index in [2.05, 4.69) is 24.3 Å². The van der Waals surface area contributed by atoms with Crippen LogP contribution in [0.15, 0.2) is 24.3 Å². The normalized spacial score (nSPS) is 18.3. The van der Waals surface area contributed by atoms with Crippen molar-refractivity contribution in [3.05, 3.63) is 35.4 Å². The van der Waals surface area contributed by atoms with Crippen LogP contribution in [0.3, 0.4) is 0 Å². The van der Waals surface area contributed by atoms with Gasteiger partial charge >= 0.3 is 0 Å². The second-order valence-electron chi connectivity index (χ2n) is 7.12. The van der Waals surface area contributed by atoms with E-state index in [1.165, 1.54) is 11.1 Å². The highest BCUT2D eigenvalue weighted by molar-refractivity contribution is 5.56. The highest BCUT2D eigenvalue weighted by Gasteiger charge is 2.30. The summed E-state index contributed by atoms with van der Waals surface area (Å²) in [5, 5.41) is 0. The quantitative estimate of drug-likeness (QED) is 0.633. The van der Waals surface area contributed by atoms with Crippen molar-refractivity contribution in [3.8, 4) is 34.5 Å². The van der Waals surface area contributed by atoms with Crippen LogP contribution in [-0.2, 0) is 0 Å². The molecule has 0 spiro atoms. The maximum atomic E-state index is 5.52. The van der Waals surface area contributed by atoms with Gasteiger partial charge in [-0.3, -0.25) is 0 Å². The van der Waals surface area contributed by atoms with Gasteiger partial charge in [0, 0.05) is 0 Å². The predicted octanol–water partition coefficient (Wildman–Crippen LogP) is 4.79. The third kappa shape index (κ3) is 4.02. The van der Waals surface area contributed by atoms with Gasteiger partial charge in [0.25, 0.3) is 0 Å². The van der Waals surface area contributed by atoms with E-state index in [4.69, 9.17) is 28.4 Å². The number of rotatable bonds is 8. The van der Waals surface area contributed by atoms with Gasteiger partial charge in [0.05, 0.1) is 42.7 Å². The molecule has 2 aromatic carbocycles. The molecule has 1 saturated carbocycles. The topological polar surface area (TPSA) is 55.4 Å². The lowest BCUT2D eigenvalue weighted by molar-refractivity contribution is 0.323. The first-order chi connectivity index (χ1) is 14.1. The fourth-order valence-corrected chi connectivity index (χ4v) is 4.26. The van der Waals surface area contributed by atoms with Crippen LogP contribution < -0.4 is 28.4 Å². The summed E-state index contributed by atoms with van der Waals surface area (Å²) >= 11 is 0. The second kappa shape index (κ2) is 9.16. The van der Waals surface area contributed by atoms with Gasteiger partial charge in [0.2, 0.25) is 11.5 Å². The average Bonchev–Trinajstić information content (AvgIpc) is 3.27. The maximum Gasteiger partial charge on any atom is 0.203 e. The van der Waals surface area contributed by atoms with E-state index < -0.39 is 0 Å². The molecule has 1 unspecified atom stereocenters. The molecular formula is C23H30O6. The summed E-state index contributed by atoms with van der Waals surface area (Å²) in [5.41, 5.74) is 2.41. The number of hydrogen-bond donors (Lipinski definition) is 0. The second-order valence-corrected chi connectivity index (χ2v) is 7.12. The zero-order valence-electron chi connectivity index (χ0n) is 18.0. The van der Waals surface area contributed by atoms with Crippen molar-refractivity contribution in [2.45, 2.75) is 31.1 Å². The van der Waals surface area contributed by atoms with Gasteiger partial charge in [0.15, 0.2) is 23.0 Å². The van der Waals surface area contributed by atoms with Crippen molar-refractivity contribution in [2.75, 3.05) is 42.7 Å². The molecule has 2 atom stereocenters. The van der Waals surface area contributed by atoms with E-state index in [-0.39, 0.29) is 0 Å². The molecule has 1 fully saturated rings. The summed E-state index contributed by atoms with van der Waals surface area (Å²) < 4.78 is 33.0. The van der Waals surface area contributed by atoms with Gasteiger partial charge in [-0.2, -0.15) is 0 Å². The van der Waals surface area contributed by atoms with Gasteiger partial charge in [0.1, 0.15) is 0 Å². The van der Waals surface area contributed by atoms with E-state index >= 15 is 0 Å². The minimum Gasteiger partial charge on any atom is -0.493 e. The van der Waals surface area contributed by atoms with E-state index in [9.17, 15) is 0 Å². The van der Waals surface area contributed by atoms with Crippen LogP contribution in [0.4, 0.5) is 0 Å². The van der Waals surface area contributed by atoms with Crippen molar-refractivity contribution >= 4 is 0 Å². The van der Waals surface area contributed by atoms with Crippen molar-refractivity contribution in [1.29, 1.82) is 0 Å². The molecule has 0 radical (unpaired) electrons. The Morgan fingerprint density at radius 2 is 0.828 bits per heavy atom.